The molecule has 0 aliphatic heterocycles. The number of rotatable bonds is 10. The fourth-order valence-electron chi connectivity index (χ4n) is 3.64. The Labute approximate surface area is 199 Å². The summed E-state index contributed by atoms with van der Waals surface area (Å²) in [6.45, 7) is 0.714. The normalized spacial score (nSPS) is 11.9. The Morgan fingerprint density at radius 1 is 1.15 bits per heavy atom. The molecule has 1 atom stereocenters. The van der Waals surface area contributed by atoms with E-state index in [1.165, 1.54) is 45.2 Å². The van der Waals surface area contributed by atoms with Gasteiger partial charge in [0, 0.05) is 18.5 Å². The van der Waals surface area contributed by atoms with Gasteiger partial charge in [0.25, 0.3) is 0 Å². The third-order valence-electron chi connectivity index (χ3n) is 5.28. The maximum Gasteiger partial charge on any atom is 0.247 e. The topological polar surface area (TPSA) is 89.4 Å². The van der Waals surface area contributed by atoms with Gasteiger partial charge in [0.2, 0.25) is 11.8 Å². The van der Waals surface area contributed by atoms with Crippen LogP contribution in [0.5, 0.6) is 0 Å². The van der Waals surface area contributed by atoms with Crippen LogP contribution in [0.4, 0.5) is 4.39 Å². The molecule has 34 heavy (non-hydrogen) atoms. The van der Waals surface area contributed by atoms with Gasteiger partial charge in [-0.15, -0.1) is 16.4 Å². The zero-order valence-electron chi connectivity index (χ0n) is 18.6. The van der Waals surface area contributed by atoms with Gasteiger partial charge in [0.1, 0.15) is 23.9 Å². The van der Waals surface area contributed by atoms with E-state index in [0.29, 0.717) is 17.7 Å². The van der Waals surface area contributed by atoms with Crippen LogP contribution in [0.1, 0.15) is 16.5 Å². The molecular weight excluding hydrogens is 457 g/mol. The number of nitrogens with one attached hydrogen (secondary N) is 1. The average molecular weight is 482 g/mol. The minimum Gasteiger partial charge on any atom is -0.383 e. The Kier molecular flexibility index (Phi) is 7.61. The average Bonchev–Trinajstić information content (AvgIpc) is 3.50. The molecule has 0 spiro atoms. The number of nitrogens with zero attached hydrogens (tertiary/aromatic N) is 4. The Bertz CT molecular complexity index is 1240. The first-order valence-corrected chi connectivity index (χ1v) is 11.6. The second kappa shape index (κ2) is 11.0. The SMILES string of the molecule is COCCNC(=O)C(c1ccc(F)cc1)N(Cc1cccs1)C(=O)Cn1nnc2ccccc21. The number of aromatic nitrogens is 3. The van der Waals surface area contributed by atoms with E-state index in [9.17, 15) is 14.0 Å². The molecule has 8 nitrogen and oxygen atoms in total. The van der Waals surface area contributed by atoms with E-state index in [0.717, 1.165) is 10.4 Å². The molecule has 0 radical (unpaired) electrons. The third-order valence-corrected chi connectivity index (χ3v) is 6.14. The van der Waals surface area contributed by atoms with E-state index in [-0.39, 0.29) is 31.4 Å². The molecule has 0 saturated carbocycles. The summed E-state index contributed by atoms with van der Waals surface area (Å²) in [5, 5.41) is 13.0. The van der Waals surface area contributed by atoms with Crippen molar-refractivity contribution in [1.29, 1.82) is 0 Å². The van der Waals surface area contributed by atoms with Gasteiger partial charge in [0.15, 0.2) is 0 Å². The van der Waals surface area contributed by atoms with Crippen molar-refractivity contribution in [3.63, 3.8) is 0 Å². The van der Waals surface area contributed by atoms with Crippen LogP contribution < -0.4 is 5.32 Å². The second-order valence-corrected chi connectivity index (χ2v) is 8.61. The summed E-state index contributed by atoms with van der Waals surface area (Å²) in [6.07, 6.45) is 0. The fraction of sp³-hybridized carbons (Fsp3) is 0.250. The molecule has 0 aliphatic rings. The van der Waals surface area contributed by atoms with Crippen molar-refractivity contribution in [2.24, 2.45) is 0 Å². The molecule has 2 aromatic heterocycles. The molecule has 10 heteroatoms. The zero-order chi connectivity index (χ0) is 23.9. The van der Waals surface area contributed by atoms with Crippen molar-refractivity contribution in [3.8, 4) is 0 Å². The lowest BCUT2D eigenvalue weighted by molar-refractivity contribution is -0.142. The number of thiophene rings is 1. The van der Waals surface area contributed by atoms with Crippen molar-refractivity contribution in [1.82, 2.24) is 25.2 Å². The molecule has 2 heterocycles. The predicted octanol–water partition coefficient (Wildman–Crippen LogP) is 3.16. The monoisotopic (exact) mass is 481 g/mol. The molecule has 2 aromatic carbocycles. The lowest BCUT2D eigenvalue weighted by Gasteiger charge is -2.31. The van der Waals surface area contributed by atoms with Crippen LogP contribution >= 0.6 is 11.3 Å². The summed E-state index contributed by atoms with van der Waals surface area (Å²) in [7, 11) is 1.54. The number of para-hydroxylation sites is 1. The van der Waals surface area contributed by atoms with Crippen LogP contribution in [-0.4, -0.2) is 52.0 Å². The number of halogens is 1. The van der Waals surface area contributed by atoms with Gasteiger partial charge in [-0.3, -0.25) is 9.59 Å². The van der Waals surface area contributed by atoms with E-state index in [4.69, 9.17) is 4.74 Å². The lowest BCUT2D eigenvalue weighted by Crippen LogP contribution is -2.45. The third kappa shape index (κ3) is 5.46. The number of carbonyl (C=O) groups is 2. The molecule has 0 saturated heterocycles. The van der Waals surface area contributed by atoms with Crippen molar-refractivity contribution < 1.29 is 18.7 Å². The van der Waals surface area contributed by atoms with Gasteiger partial charge in [-0.1, -0.05) is 35.5 Å². The van der Waals surface area contributed by atoms with Gasteiger partial charge < -0.3 is 15.0 Å². The van der Waals surface area contributed by atoms with Gasteiger partial charge in [-0.25, -0.2) is 9.07 Å². The molecule has 0 bridgehead atoms. The molecule has 176 valence electrons. The highest BCUT2D eigenvalue weighted by molar-refractivity contribution is 7.09. The standard InChI is InChI=1S/C24H24FN5O3S/c1-33-13-12-26-24(32)23(17-8-10-18(25)11-9-17)29(15-19-5-4-14-34-19)22(31)16-30-21-7-3-2-6-20(21)27-28-30/h2-11,14,23H,12-13,15-16H2,1H3,(H,26,32). The van der Waals surface area contributed by atoms with Gasteiger partial charge in [0.05, 0.1) is 18.7 Å². The molecule has 0 aliphatic carbocycles. The maximum atomic E-state index is 13.7. The smallest absolute Gasteiger partial charge is 0.247 e. The Balaban J connectivity index is 1.69. The summed E-state index contributed by atoms with van der Waals surface area (Å²) in [5.74, 6) is -1.12. The number of benzene rings is 2. The van der Waals surface area contributed by atoms with E-state index in [1.54, 1.807) is 7.11 Å². The molecule has 4 rings (SSSR count). The van der Waals surface area contributed by atoms with Crippen molar-refractivity contribution in [3.05, 3.63) is 82.3 Å². The molecular formula is C24H24FN5O3S. The summed E-state index contributed by atoms with van der Waals surface area (Å²) in [4.78, 5) is 29.4. The summed E-state index contributed by atoms with van der Waals surface area (Å²) in [6, 6.07) is 15.8. The first-order valence-electron chi connectivity index (χ1n) is 10.7. The maximum absolute atomic E-state index is 13.7. The van der Waals surface area contributed by atoms with Crippen molar-refractivity contribution in [2.45, 2.75) is 19.1 Å². The molecule has 1 unspecified atom stereocenters. The number of fused-ring (bicyclic) bond motifs is 1. The Morgan fingerprint density at radius 3 is 2.68 bits per heavy atom. The van der Waals surface area contributed by atoms with Crippen LogP contribution in [0.15, 0.2) is 66.0 Å². The number of hydrogen-bond donors (Lipinski definition) is 1. The zero-order valence-corrected chi connectivity index (χ0v) is 19.4. The van der Waals surface area contributed by atoms with Gasteiger partial charge in [-0.05, 0) is 41.3 Å². The highest BCUT2D eigenvalue weighted by atomic mass is 32.1. The Hall–Kier alpha value is -3.63. The first-order chi connectivity index (χ1) is 16.6. The second-order valence-electron chi connectivity index (χ2n) is 7.57. The quantitative estimate of drug-likeness (QED) is 0.352. The fourth-order valence-corrected chi connectivity index (χ4v) is 4.34. The minimum absolute atomic E-state index is 0.102. The summed E-state index contributed by atoms with van der Waals surface area (Å²) < 4.78 is 20.2. The largest absolute Gasteiger partial charge is 0.383 e. The van der Waals surface area contributed by atoms with E-state index < -0.39 is 11.9 Å². The minimum atomic E-state index is -0.971. The van der Waals surface area contributed by atoms with Gasteiger partial charge >= 0.3 is 0 Å². The highest BCUT2D eigenvalue weighted by Gasteiger charge is 2.32. The van der Waals surface area contributed by atoms with Crippen molar-refractivity contribution >= 4 is 34.2 Å². The first kappa shape index (κ1) is 23.5. The molecule has 1 N–H and O–H groups in total. The lowest BCUT2D eigenvalue weighted by atomic mass is 10.0. The highest BCUT2D eigenvalue weighted by Crippen LogP contribution is 2.26. The summed E-state index contributed by atoms with van der Waals surface area (Å²) >= 11 is 1.49. The molecule has 0 fully saturated rings. The number of hydrogen-bond acceptors (Lipinski definition) is 6. The number of ether oxygens (including phenoxy) is 1. The van der Waals surface area contributed by atoms with Crippen LogP contribution in [0.25, 0.3) is 11.0 Å². The number of amides is 2. The van der Waals surface area contributed by atoms with Crippen molar-refractivity contribution in [2.75, 3.05) is 20.3 Å². The molecule has 4 aromatic rings. The van der Waals surface area contributed by atoms with E-state index >= 15 is 0 Å². The Morgan fingerprint density at radius 2 is 1.94 bits per heavy atom. The number of carbonyl (C=O) groups excluding carboxylic acids is 2. The van der Waals surface area contributed by atoms with Crippen LogP contribution in [0.2, 0.25) is 0 Å². The summed E-state index contributed by atoms with van der Waals surface area (Å²) in [5.41, 5.74) is 1.90. The van der Waals surface area contributed by atoms with Crippen LogP contribution in [0.3, 0.4) is 0 Å². The van der Waals surface area contributed by atoms with E-state index in [2.05, 4.69) is 15.6 Å². The van der Waals surface area contributed by atoms with E-state index in [1.807, 2.05) is 41.8 Å². The molecule has 2 amide bonds. The van der Waals surface area contributed by atoms with Gasteiger partial charge in [-0.2, -0.15) is 0 Å². The van der Waals surface area contributed by atoms with Crippen LogP contribution in [-0.2, 0) is 27.4 Å². The van der Waals surface area contributed by atoms with Crippen LogP contribution in [0, 0.1) is 5.82 Å². The number of methoxy groups -OCH3 is 1. The predicted molar refractivity (Wildman–Crippen MR) is 126 cm³/mol.